The first kappa shape index (κ1) is 19.1. The van der Waals surface area contributed by atoms with Crippen LogP contribution in [0, 0.1) is 6.92 Å². The summed E-state index contributed by atoms with van der Waals surface area (Å²) in [6.45, 7) is 2.02. The molecule has 2 N–H and O–H groups in total. The number of carbonyl (C=O) groups is 1. The van der Waals surface area contributed by atoms with E-state index >= 15 is 0 Å². The molecule has 4 rings (SSSR count). The van der Waals surface area contributed by atoms with Crippen LogP contribution in [-0.4, -0.2) is 16.0 Å². The first-order valence-corrected chi connectivity index (χ1v) is 9.62. The Labute approximate surface area is 177 Å². The Bertz CT molecular complexity index is 1240. The highest BCUT2D eigenvalue weighted by atomic mass is 35.5. The zero-order valence-corrected chi connectivity index (χ0v) is 17.0. The summed E-state index contributed by atoms with van der Waals surface area (Å²) in [5.41, 5.74) is 4.53. The van der Waals surface area contributed by atoms with Crippen LogP contribution in [0.1, 0.15) is 15.9 Å². The van der Waals surface area contributed by atoms with Crippen LogP contribution in [0.5, 0.6) is 0 Å². The number of anilines is 1. The molecule has 1 heterocycles. The van der Waals surface area contributed by atoms with Gasteiger partial charge in [0, 0.05) is 21.8 Å². The fraction of sp³-hybridized carbons (Fsp3) is 0.0455. The van der Waals surface area contributed by atoms with E-state index in [1.807, 2.05) is 49.4 Å². The van der Waals surface area contributed by atoms with Crippen molar-refractivity contribution in [3.63, 3.8) is 0 Å². The van der Waals surface area contributed by atoms with Gasteiger partial charge in [-0.3, -0.25) is 10.1 Å². The highest BCUT2D eigenvalue weighted by molar-refractivity contribution is 7.80. The average Bonchev–Trinajstić information content (AvgIpc) is 3.11. The van der Waals surface area contributed by atoms with Crippen molar-refractivity contribution in [2.75, 3.05) is 5.32 Å². The van der Waals surface area contributed by atoms with Crippen LogP contribution in [0.2, 0.25) is 5.02 Å². The number of aryl methyl sites for hydroxylation is 1. The molecule has 0 aliphatic carbocycles. The van der Waals surface area contributed by atoms with Gasteiger partial charge in [0.1, 0.15) is 5.52 Å². The third-order valence-electron chi connectivity index (χ3n) is 4.22. The van der Waals surface area contributed by atoms with E-state index in [9.17, 15) is 4.79 Å². The Balaban J connectivity index is 1.49. The lowest BCUT2D eigenvalue weighted by atomic mass is 10.1. The molecule has 0 aliphatic heterocycles. The number of nitrogens with one attached hydrogen (secondary N) is 2. The number of oxazole rings is 1. The van der Waals surface area contributed by atoms with Crippen LogP contribution in [0.3, 0.4) is 0 Å². The van der Waals surface area contributed by atoms with Gasteiger partial charge in [-0.2, -0.15) is 0 Å². The number of thiocarbonyl (C=S) groups is 1. The van der Waals surface area contributed by atoms with Crippen molar-refractivity contribution >= 4 is 51.6 Å². The Morgan fingerprint density at radius 2 is 1.90 bits per heavy atom. The summed E-state index contributed by atoms with van der Waals surface area (Å²) in [5, 5.41) is 6.29. The van der Waals surface area contributed by atoms with Gasteiger partial charge < -0.3 is 9.73 Å². The number of halogens is 1. The van der Waals surface area contributed by atoms with Crippen molar-refractivity contribution in [3.8, 4) is 11.5 Å². The predicted molar refractivity (Wildman–Crippen MR) is 119 cm³/mol. The number of nitrogens with zero attached hydrogens (tertiary/aromatic N) is 1. The molecule has 0 radical (unpaired) electrons. The topological polar surface area (TPSA) is 67.2 Å². The van der Waals surface area contributed by atoms with Crippen molar-refractivity contribution in [2.45, 2.75) is 6.92 Å². The predicted octanol–water partition coefficient (Wildman–Crippen LogP) is 5.58. The first-order valence-electron chi connectivity index (χ1n) is 8.83. The third-order valence-corrected chi connectivity index (χ3v) is 4.66. The van der Waals surface area contributed by atoms with E-state index in [1.54, 1.807) is 24.3 Å². The second-order valence-electron chi connectivity index (χ2n) is 6.49. The Morgan fingerprint density at radius 1 is 1.07 bits per heavy atom. The fourth-order valence-corrected chi connectivity index (χ4v) is 3.27. The molecule has 0 aliphatic rings. The minimum atomic E-state index is -0.339. The SMILES string of the molecule is Cc1cccc(-c2nc3cc(NC(=S)NC(=O)c4cccc(Cl)c4)ccc3o2)c1. The summed E-state index contributed by atoms with van der Waals surface area (Å²) in [6.07, 6.45) is 0. The van der Waals surface area contributed by atoms with Crippen LogP contribution in [0.4, 0.5) is 5.69 Å². The number of hydrogen-bond donors (Lipinski definition) is 2. The normalized spacial score (nSPS) is 10.7. The lowest BCUT2D eigenvalue weighted by Gasteiger charge is -2.09. The Kier molecular flexibility index (Phi) is 5.29. The molecular formula is C22H16ClN3O2S. The number of benzene rings is 3. The monoisotopic (exact) mass is 421 g/mol. The Morgan fingerprint density at radius 3 is 2.69 bits per heavy atom. The van der Waals surface area contributed by atoms with E-state index in [4.69, 9.17) is 28.2 Å². The van der Waals surface area contributed by atoms with Crippen molar-refractivity contribution in [2.24, 2.45) is 0 Å². The molecule has 0 atom stereocenters. The summed E-state index contributed by atoms with van der Waals surface area (Å²) in [6, 6.07) is 20.0. The summed E-state index contributed by atoms with van der Waals surface area (Å²) in [7, 11) is 0. The van der Waals surface area contributed by atoms with Crippen LogP contribution < -0.4 is 10.6 Å². The van der Waals surface area contributed by atoms with E-state index in [1.165, 1.54) is 0 Å². The van der Waals surface area contributed by atoms with Crippen LogP contribution in [0.25, 0.3) is 22.6 Å². The number of rotatable bonds is 3. The molecule has 0 bridgehead atoms. The highest BCUT2D eigenvalue weighted by Crippen LogP contribution is 2.26. The van der Waals surface area contributed by atoms with E-state index < -0.39 is 0 Å². The van der Waals surface area contributed by atoms with E-state index in [0.29, 0.717) is 33.3 Å². The van der Waals surface area contributed by atoms with Gasteiger partial charge in [-0.15, -0.1) is 0 Å². The van der Waals surface area contributed by atoms with Crippen LogP contribution in [0.15, 0.2) is 71.1 Å². The van der Waals surface area contributed by atoms with Gasteiger partial charge >= 0.3 is 0 Å². The van der Waals surface area contributed by atoms with Gasteiger partial charge in [0.05, 0.1) is 0 Å². The number of aromatic nitrogens is 1. The van der Waals surface area contributed by atoms with Crippen LogP contribution in [-0.2, 0) is 0 Å². The molecule has 7 heteroatoms. The Hall–Kier alpha value is -3.22. The molecule has 0 saturated heterocycles. The standard InChI is InChI=1S/C22H16ClN3O2S/c1-13-4-2-6-15(10-13)21-25-18-12-17(8-9-19(18)28-21)24-22(29)26-20(27)14-5-3-7-16(23)11-14/h2-12H,1H3,(H2,24,26,27,29). The quantitative estimate of drug-likeness (QED) is 0.422. The van der Waals surface area contributed by atoms with Crippen molar-refractivity contribution < 1.29 is 9.21 Å². The molecule has 1 amide bonds. The number of fused-ring (bicyclic) bond motifs is 1. The van der Waals surface area contributed by atoms with Crippen LogP contribution >= 0.6 is 23.8 Å². The second-order valence-corrected chi connectivity index (χ2v) is 7.33. The molecule has 144 valence electrons. The maximum absolute atomic E-state index is 12.3. The molecule has 0 unspecified atom stereocenters. The summed E-state index contributed by atoms with van der Waals surface area (Å²) < 4.78 is 5.85. The van der Waals surface area contributed by atoms with E-state index in [0.717, 1.165) is 11.1 Å². The number of amides is 1. The lowest BCUT2D eigenvalue weighted by Crippen LogP contribution is -2.34. The summed E-state index contributed by atoms with van der Waals surface area (Å²) in [4.78, 5) is 16.8. The van der Waals surface area contributed by atoms with Gasteiger partial charge in [-0.05, 0) is 67.7 Å². The first-order chi connectivity index (χ1) is 14.0. The van der Waals surface area contributed by atoms with Gasteiger partial charge in [-0.25, -0.2) is 4.98 Å². The second kappa shape index (κ2) is 8.03. The molecule has 3 aromatic carbocycles. The molecule has 0 fully saturated rings. The lowest BCUT2D eigenvalue weighted by molar-refractivity contribution is 0.0977. The third kappa shape index (κ3) is 4.45. The number of hydrogen-bond acceptors (Lipinski definition) is 4. The highest BCUT2D eigenvalue weighted by Gasteiger charge is 2.11. The smallest absolute Gasteiger partial charge is 0.257 e. The van der Waals surface area contributed by atoms with E-state index in [2.05, 4.69) is 15.6 Å². The van der Waals surface area contributed by atoms with Gasteiger partial charge in [0.15, 0.2) is 10.7 Å². The van der Waals surface area contributed by atoms with E-state index in [-0.39, 0.29) is 11.0 Å². The molecule has 0 spiro atoms. The zero-order valence-electron chi connectivity index (χ0n) is 15.4. The molecule has 5 nitrogen and oxygen atoms in total. The van der Waals surface area contributed by atoms with Crippen molar-refractivity contribution in [3.05, 3.63) is 82.9 Å². The van der Waals surface area contributed by atoms with Crippen molar-refractivity contribution in [1.82, 2.24) is 10.3 Å². The largest absolute Gasteiger partial charge is 0.436 e. The summed E-state index contributed by atoms with van der Waals surface area (Å²) in [5.74, 6) is 0.215. The fourth-order valence-electron chi connectivity index (χ4n) is 2.87. The molecular weight excluding hydrogens is 406 g/mol. The van der Waals surface area contributed by atoms with Gasteiger partial charge in [0.2, 0.25) is 5.89 Å². The van der Waals surface area contributed by atoms with Crippen molar-refractivity contribution in [1.29, 1.82) is 0 Å². The number of carbonyl (C=O) groups excluding carboxylic acids is 1. The minimum absolute atomic E-state index is 0.178. The minimum Gasteiger partial charge on any atom is -0.436 e. The molecule has 0 saturated carbocycles. The maximum Gasteiger partial charge on any atom is 0.257 e. The maximum atomic E-state index is 12.3. The molecule has 4 aromatic rings. The van der Waals surface area contributed by atoms with Gasteiger partial charge in [-0.1, -0.05) is 35.4 Å². The zero-order chi connectivity index (χ0) is 20.4. The average molecular weight is 422 g/mol. The van der Waals surface area contributed by atoms with Gasteiger partial charge in [0.25, 0.3) is 5.91 Å². The summed E-state index contributed by atoms with van der Waals surface area (Å²) >= 11 is 11.2. The molecule has 1 aromatic heterocycles. The molecule has 29 heavy (non-hydrogen) atoms.